The van der Waals surface area contributed by atoms with Crippen LogP contribution in [0.25, 0.3) is 0 Å². The third-order valence-electron chi connectivity index (χ3n) is 3.30. The number of para-hydroxylation sites is 1. The number of rotatable bonds is 6. The van der Waals surface area contributed by atoms with E-state index in [1.165, 1.54) is 12.3 Å². The Morgan fingerprint density at radius 2 is 1.80 bits per heavy atom. The van der Waals surface area contributed by atoms with Crippen molar-refractivity contribution in [2.24, 2.45) is 0 Å². The Labute approximate surface area is 156 Å². The number of likely N-dealkylation sites (N-methyl/N-ethyl adjacent to an activating group) is 1. The largest absolute Gasteiger partial charge is 0.351 e. The molecule has 132 valence electrons. The van der Waals surface area contributed by atoms with Gasteiger partial charge in [0.1, 0.15) is 5.69 Å². The van der Waals surface area contributed by atoms with E-state index in [0.29, 0.717) is 27.8 Å². The maximum absolute atomic E-state index is 12.4. The van der Waals surface area contributed by atoms with Crippen LogP contribution >= 0.6 is 23.2 Å². The van der Waals surface area contributed by atoms with Gasteiger partial charge in [-0.25, -0.2) is 0 Å². The highest BCUT2D eigenvalue weighted by Gasteiger charge is 2.14. The van der Waals surface area contributed by atoms with Crippen molar-refractivity contribution in [2.45, 2.75) is 0 Å². The Bertz CT molecular complexity index is 761. The average Bonchev–Trinajstić information content (AvgIpc) is 2.58. The molecule has 0 unspecified atom stereocenters. The Balaban J connectivity index is 2.10. The van der Waals surface area contributed by atoms with Gasteiger partial charge in [0.05, 0.1) is 15.7 Å². The highest BCUT2D eigenvalue weighted by molar-refractivity contribution is 6.40. The predicted molar refractivity (Wildman–Crippen MR) is 99.5 cm³/mol. The van der Waals surface area contributed by atoms with E-state index in [-0.39, 0.29) is 11.6 Å². The van der Waals surface area contributed by atoms with E-state index in [4.69, 9.17) is 23.2 Å². The van der Waals surface area contributed by atoms with Crippen molar-refractivity contribution in [3.63, 3.8) is 0 Å². The van der Waals surface area contributed by atoms with Gasteiger partial charge in [-0.1, -0.05) is 29.3 Å². The van der Waals surface area contributed by atoms with E-state index >= 15 is 0 Å². The molecule has 0 radical (unpaired) electrons. The second kappa shape index (κ2) is 8.80. The molecular formula is C17H18Cl2N4O2. The number of nitrogens with one attached hydrogen (secondary N) is 2. The molecule has 2 rings (SSSR count). The van der Waals surface area contributed by atoms with Gasteiger partial charge in [0.25, 0.3) is 11.8 Å². The Hall–Kier alpha value is -2.15. The Morgan fingerprint density at radius 1 is 1.12 bits per heavy atom. The van der Waals surface area contributed by atoms with Crippen LogP contribution < -0.4 is 10.6 Å². The maximum Gasteiger partial charge on any atom is 0.274 e. The molecule has 0 saturated heterocycles. The maximum atomic E-state index is 12.4. The monoisotopic (exact) mass is 380 g/mol. The topological polar surface area (TPSA) is 74.3 Å². The summed E-state index contributed by atoms with van der Waals surface area (Å²) < 4.78 is 0. The molecule has 0 spiro atoms. The van der Waals surface area contributed by atoms with Gasteiger partial charge in [0.15, 0.2) is 0 Å². The number of carbonyl (C=O) groups is 2. The summed E-state index contributed by atoms with van der Waals surface area (Å²) in [4.78, 5) is 30.5. The number of pyridine rings is 1. The first-order valence-electron chi connectivity index (χ1n) is 7.53. The molecule has 1 heterocycles. The molecule has 0 aliphatic carbocycles. The summed E-state index contributed by atoms with van der Waals surface area (Å²) in [5.74, 6) is -0.771. The van der Waals surface area contributed by atoms with Gasteiger partial charge in [-0.3, -0.25) is 14.6 Å². The van der Waals surface area contributed by atoms with Crippen LogP contribution in [0.1, 0.15) is 20.8 Å². The summed E-state index contributed by atoms with van der Waals surface area (Å²) in [5.41, 5.74) is 0.749. The third kappa shape index (κ3) is 5.42. The van der Waals surface area contributed by atoms with Crippen LogP contribution in [0.5, 0.6) is 0 Å². The third-order valence-corrected chi connectivity index (χ3v) is 3.93. The lowest BCUT2D eigenvalue weighted by Gasteiger charge is -2.11. The molecule has 2 N–H and O–H groups in total. The number of amides is 2. The zero-order chi connectivity index (χ0) is 18.4. The second-order valence-corrected chi connectivity index (χ2v) is 6.35. The van der Waals surface area contributed by atoms with Crippen molar-refractivity contribution < 1.29 is 9.59 Å². The number of carbonyl (C=O) groups excluding carboxylic acids is 2. The minimum atomic E-state index is -0.502. The van der Waals surface area contributed by atoms with Gasteiger partial charge < -0.3 is 15.5 Å². The van der Waals surface area contributed by atoms with Crippen molar-refractivity contribution in [3.8, 4) is 0 Å². The summed E-state index contributed by atoms with van der Waals surface area (Å²) >= 11 is 12.1. The first-order chi connectivity index (χ1) is 11.9. The molecular weight excluding hydrogens is 363 g/mol. The van der Waals surface area contributed by atoms with Crippen LogP contribution in [-0.2, 0) is 0 Å². The average molecular weight is 381 g/mol. The fourth-order valence-electron chi connectivity index (χ4n) is 1.99. The normalized spacial score (nSPS) is 10.6. The van der Waals surface area contributed by atoms with Gasteiger partial charge in [-0.05, 0) is 38.4 Å². The summed E-state index contributed by atoms with van der Waals surface area (Å²) in [5, 5.41) is 6.03. The van der Waals surface area contributed by atoms with Crippen molar-refractivity contribution in [1.29, 1.82) is 0 Å². The first kappa shape index (κ1) is 19.2. The van der Waals surface area contributed by atoms with Crippen molar-refractivity contribution in [2.75, 3.05) is 32.5 Å². The zero-order valence-corrected chi connectivity index (χ0v) is 15.4. The van der Waals surface area contributed by atoms with Crippen LogP contribution in [0.4, 0.5) is 5.69 Å². The van der Waals surface area contributed by atoms with Crippen molar-refractivity contribution >= 4 is 40.7 Å². The molecule has 1 aromatic heterocycles. The molecule has 2 amide bonds. The fraction of sp³-hybridized carbons (Fsp3) is 0.235. The summed E-state index contributed by atoms with van der Waals surface area (Å²) in [6.45, 7) is 1.22. The minimum Gasteiger partial charge on any atom is -0.351 e. The number of aromatic nitrogens is 1. The molecule has 6 nitrogen and oxygen atoms in total. The highest BCUT2D eigenvalue weighted by atomic mass is 35.5. The lowest BCUT2D eigenvalue weighted by Crippen LogP contribution is -2.31. The molecule has 25 heavy (non-hydrogen) atoms. The van der Waals surface area contributed by atoms with E-state index in [9.17, 15) is 9.59 Å². The summed E-state index contributed by atoms with van der Waals surface area (Å²) in [6.07, 6.45) is 1.41. The fourth-order valence-corrected chi connectivity index (χ4v) is 2.48. The minimum absolute atomic E-state index is 0.0937. The van der Waals surface area contributed by atoms with Crippen LogP contribution in [0.2, 0.25) is 10.0 Å². The second-order valence-electron chi connectivity index (χ2n) is 5.54. The number of nitrogens with zero attached hydrogens (tertiary/aromatic N) is 2. The molecule has 0 aliphatic heterocycles. The van der Waals surface area contributed by atoms with E-state index < -0.39 is 5.91 Å². The van der Waals surface area contributed by atoms with E-state index in [2.05, 4.69) is 15.6 Å². The molecule has 0 atom stereocenters. The Kier molecular flexibility index (Phi) is 6.75. The van der Waals surface area contributed by atoms with Crippen LogP contribution in [0.15, 0.2) is 36.5 Å². The van der Waals surface area contributed by atoms with E-state index in [1.807, 2.05) is 19.0 Å². The van der Waals surface area contributed by atoms with Crippen LogP contribution in [0, 0.1) is 0 Å². The molecule has 0 saturated carbocycles. The number of benzene rings is 1. The number of hydrogen-bond donors (Lipinski definition) is 2. The van der Waals surface area contributed by atoms with Crippen LogP contribution in [-0.4, -0.2) is 48.9 Å². The standard InChI is InChI=1S/C17H18Cl2N4O2/c1-23(2)9-8-21-16(24)11-6-7-20-14(10-11)17(25)22-15-12(18)4-3-5-13(15)19/h3-7,10H,8-9H2,1-2H3,(H,21,24)(H,22,25). The van der Waals surface area contributed by atoms with E-state index in [0.717, 1.165) is 6.54 Å². The first-order valence-corrected chi connectivity index (χ1v) is 8.28. The smallest absolute Gasteiger partial charge is 0.274 e. The van der Waals surface area contributed by atoms with Gasteiger partial charge in [0, 0.05) is 24.8 Å². The lowest BCUT2D eigenvalue weighted by atomic mass is 10.2. The number of anilines is 1. The zero-order valence-electron chi connectivity index (χ0n) is 13.8. The highest BCUT2D eigenvalue weighted by Crippen LogP contribution is 2.30. The lowest BCUT2D eigenvalue weighted by molar-refractivity contribution is 0.0951. The van der Waals surface area contributed by atoms with E-state index in [1.54, 1.807) is 24.3 Å². The quantitative estimate of drug-likeness (QED) is 0.807. The van der Waals surface area contributed by atoms with Gasteiger partial charge >= 0.3 is 0 Å². The van der Waals surface area contributed by atoms with Crippen LogP contribution in [0.3, 0.4) is 0 Å². The Morgan fingerprint density at radius 3 is 2.44 bits per heavy atom. The number of hydrogen-bond acceptors (Lipinski definition) is 4. The van der Waals surface area contributed by atoms with Gasteiger partial charge in [0.2, 0.25) is 0 Å². The number of halogens is 2. The SMILES string of the molecule is CN(C)CCNC(=O)c1ccnc(C(=O)Nc2c(Cl)cccc2Cl)c1. The summed E-state index contributed by atoms with van der Waals surface area (Å²) in [7, 11) is 3.84. The summed E-state index contributed by atoms with van der Waals surface area (Å²) in [6, 6.07) is 7.88. The van der Waals surface area contributed by atoms with Gasteiger partial charge in [-0.15, -0.1) is 0 Å². The predicted octanol–water partition coefficient (Wildman–Crippen LogP) is 2.93. The molecule has 1 aromatic carbocycles. The molecule has 2 aromatic rings. The van der Waals surface area contributed by atoms with Crippen molar-refractivity contribution in [1.82, 2.24) is 15.2 Å². The molecule has 0 bridgehead atoms. The molecule has 0 fully saturated rings. The molecule has 0 aliphatic rings. The molecule has 8 heteroatoms. The van der Waals surface area contributed by atoms with Gasteiger partial charge in [-0.2, -0.15) is 0 Å². The van der Waals surface area contributed by atoms with Crippen molar-refractivity contribution in [3.05, 3.63) is 57.8 Å².